The van der Waals surface area contributed by atoms with Crippen molar-refractivity contribution < 1.29 is 22.7 Å². The Morgan fingerprint density at radius 3 is 2.35 bits per heavy atom. The standard InChI is InChI=1S/C28H41N3O5S/c1-6-8-18-29-28(33)26(7-2)30(21-23-16-14-22(3)15-17-23)27(32)13-10-19-31(37(5,34)35)24-11-9-12-25(20-24)36-4/h9,11-12,14-17,20,26H,6-8,10,13,18-19,21H2,1-5H3,(H,29,33). The van der Waals surface area contributed by atoms with Gasteiger partial charge in [-0.05, 0) is 43.9 Å². The number of benzene rings is 2. The highest BCUT2D eigenvalue weighted by atomic mass is 32.2. The summed E-state index contributed by atoms with van der Waals surface area (Å²) in [6.07, 6.45) is 3.88. The highest BCUT2D eigenvalue weighted by molar-refractivity contribution is 7.92. The van der Waals surface area contributed by atoms with Crippen molar-refractivity contribution >= 4 is 27.5 Å². The molecule has 0 spiro atoms. The molecule has 2 aromatic rings. The van der Waals surface area contributed by atoms with Gasteiger partial charge in [-0.2, -0.15) is 0 Å². The van der Waals surface area contributed by atoms with Crippen LogP contribution >= 0.6 is 0 Å². The van der Waals surface area contributed by atoms with Crippen molar-refractivity contribution in [3.63, 3.8) is 0 Å². The van der Waals surface area contributed by atoms with Crippen LogP contribution in [0.1, 0.15) is 57.1 Å². The molecule has 2 amide bonds. The van der Waals surface area contributed by atoms with Crippen LogP contribution in [-0.4, -0.2) is 57.6 Å². The minimum atomic E-state index is -3.57. The molecule has 0 aliphatic carbocycles. The number of anilines is 1. The van der Waals surface area contributed by atoms with Crippen LogP contribution in [0.2, 0.25) is 0 Å². The van der Waals surface area contributed by atoms with Gasteiger partial charge in [0.05, 0.1) is 19.1 Å². The number of rotatable bonds is 15. The van der Waals surface area contributed by atoms with Crippen molar-refractivity contribution in [2.24, 2.45) is 0 Å². The number of hydrogen-bond donors (Lipinski definition) is 1. The Bertz CT molecular complexity index is 1120. The first-order valence-corrected chi connectivity index (χ1v) is 14.7. The smallest absolute Gasteiger partial charge is 0.242 e. The fourth-order valence-corrected chi connectivity index (χ4v) is 5.04. The number of sulfonamides is 1. The molecule has 0 aliphatic rings. The molecule has 1 unspecified atom stereocenters. The van der Waals surface area contributed by atoms with Crippen LogP contribution in [-0.2, 0) is 26.2 Å². The van der Waals surface area contributed by atoms with Crippen molar-refractivity contribution in [2.45, 2.75) is 65.5 Å². The van der Waals surface area contributed by atoms with Gasteiger partial charge in [-0.3, -0.25) is 13.9 Å². The first-order chi connectivity index (χ1) is 17.6. The van der Waals surface area contributed by atoms with Crippen LogP contribution in [0.25, 0.3) is 0 Å². The second-order valence-corrected chi connectivity index (χ2v) is 11.1. The molecule has 2 rings (SSSR count). The zero-order valence-corrected chi connectivity index (χ0v) is 23.5. The Kier molecular flexibility index (Phi) is 11.9. The molecule has 1 N–H and O–H groups in total. The van der Waals surface area contributed by atoms with E-state index in [1.54, 1.807) is 29.2 Å². The van der Waals surface area contributed by atoms with Crippen molar-refractivity contribution in [1.82, 2.24) is 10.2 Å². The maximum absolute atomic E-state index is 13.5. The summed E-state index contributed by atoms with van der Waals surface area (Å²) in [5, 5.41) is 2.96. The van der Waals surface area contributed by atoms with Gasteiger partial charge in [0.25, 0.3) is 0 Å². The lowest BCUT2D eigenvalue weighted by Gasteiger charge is -2.31. The van der Waals surface area contributed by atoms with E-state index >= 15 is 0 Å². The summed E-state index contributed by atoms with van der Waals surface area (Å²) >= 11 is 0. The van der Waals surface area contributed by atoms with E-state index < -0.39 is 16.1 Å². The molecule has 37 heavy (non-hydrogen) atoms. The van der Waals surface area contributed by atoms with E-state index in [-0.39, 0.29) is 24.8 Å². The SMILES string of the molecule is CCCCNC(=O)C(CC)N(Cc1ccc(C)cc1)C(=O)CCCN(c1cccc(OC)c1)S(C)(=O)=O. The van der Waals surface area contributed by atoms with E-state index in [1.807, 2.05) is 38.1 Å². The average molecular weight is 532 g/mol. The molecule has 0 saturated heterocycles. The summed E-state index contributed by atoms with van der Waals surface area (Å²) in [6, 6.07) is 14.1. The summed E-state index contributed by atoms with van der Waals surface area (Å²) in [5.41, 5.74) is 2.53. The Morgan fingerprint density at radius 1 is 1.05 bits per heavy atom. The molecule has 1 atom stereocenters. The summed E-state index contributed by atoms with van der Waals surface area (Å²) < 4.78 is 31.5. The van der Waals surface area contributed by atoms with Gasteiger partial charge in [-0.15, -0.1) is 0 Å². The van der Waals surface area contributed by atoms with Gasteiger partial charge < -0.3 is 15.0 Å². The minimum Gasteiger partial charge on any atom is -0.497 e. The van der Waals surface area contributed by atoms with Gasteiger partial charge in [0.1, 0.15) is 11.8 Å². The number of hydrogen-bond acceptors (Lipinski definition) is 5. The Labute approximate surface area is 222 Å². The normalized spacial score (nSPS) is 12.0. The number of nitrogens with one attached hydrogen (secondary N) is 1. The van der Waals surface area contributed by atoms with Crippen molar-refractivity contribution in [3.05, 3.63) is 59.7 Å². The van der Waals surface area contributed by atoms with E-state index in [9.17, 15) is 18.0 Å². The Balaban J connectivity index is 2.20. The molecule has 0 saturated carbocycles. The first-order valence-electron chi connectivity index (χ1n) is 12.8. The molecule has 2 aromatic carbocycles. The minimum absolute atomic E-state index is 0.112. The van der Waals surface area contributed by atoms with Crippen LogP contribution in [0.4, 0.5) is 5.69 Å². The van der Waals surface area contributed by atoms with Gasteiger partial charge in [-0.25, -0.2) is 8.42 Å². The molecule has 9 heteroatoms. The monoisotopic (exact) mass is 531 g/mol. The third-order valence-corrected chi connectivity index (χ3v) is 7.38. The fourth-order valence-electron chi connectivity index (χ4n) is 4.09. The highest BCUT2D eigenvalue weighted by Gasteiger charge is 2.28. The van der Waals surface area contributed by atoms with Crippen LogP contribution in [0.15, 0.2) is 48.5 Å². The van der Waals surface area contributed by atoms with Crippen molar-refractivity contribution in [2.75, 3.05) is 30.8 Å². The van der Waals surface area contributed by atoms with Crippen LogP contribution in [0.5, 0.6) is 5.75 Å². The summed E-state index contributed by atoms with van der Waals surface area (Å²) in [4.78, 5) is 28.1. The summed E-state index contributed by atoms with van der Waals surface area (Å²) in [6.45, 7) is 6.97. The summed E-state index contributed by atoms with van der Waals surface area (Å²) in [7, 11) is -2.05. The largest absolute Gasteiger partial charge is 0.497 e. The molecule has 0 radical (unpaired) electrons. The zero-order valence-electron chi connectivity index (χ0n) is 22.7. The van der Waals surface area contributed by atoms with E-state index in [0.717, 1.165) is 30.2 Å². The quantitative estimate of drug-likeness (QED) is 0.346. The average Bonchev–Trinajstić information content (AvgIpc) is 2.87. The van der Waals surface area contributed by atoms with Gasteiger partial charge >= 0.3 is 0 Å². The maximum Gasteiger partial charge on any atom is 0.242 e. The van der Waals surface area contributed by atoms with Crippen LogP contribution in [0, 0.1) is 6.92 Å². The van der Waals surface area contributed by atoms with E-state index in [2.05, 4.69) is 12.2 Å². The molecule has 0 fully saturated rings. The second kappa shape index (κ2) is 14.6. The highest BCUT2D eigenvalue weighted by Crippen LogP contribution is 2.24. The van der Waals surface area contributed by atoms with E-state index in [1.165, 1.54) is 11.4 Å². The number of carbonyl (C=O) groups is 2. The maximum atomic E-state index is 13.5. The number of amides is 2. The van der Waals surface area contributed by atoms with Crippen LogP contribution in [0.3, 0.4) is 0 Å². The lowest BCUT2D eigenvalue weighted by Crippen LogP contribution is -2.49. The number of ether oxygens (including phenoxy) is 1. The number of unbranched alkanes of at least 4 members (excludes halogenated alkanes) is 1. The van der Waals surface area contributed by atoms with E-state index in [4.69, 9.17) is 4.74 Å². The summed E-state index contributed by atoms with van der Waals surface area (Å²) in [5.74, 6) is 0.203. The topological polar surface area (TPSA) is 96.0 Å². The van der Waals surface area contributed by atoms with Gasteiger partial charge in [0.15, 0.2) is 0 Å². The predicted molar refractivity (Wildman–Crippen MR) is 148 cm³/mol. The number of nitrogens with zero attached hydrogens (tertiary/aromatic N) is 2. The second-order valence-electron chi connectivity index (χ2n) is 9.22. The predicted octanol–water partition coefficient (Wildman–Crippen LogP) is 4.27. The third-order valence-electron chi connectivity index (χ3n) is 6.18. The third kappa shape index (κ3) is 9.39. The molecule has 204 valence electrons. The zero-order chi connectivity index (χ0) is 27.4. The molecule has 0 bridgehead atoms. The molecular formula is C28H41N3O5S. The number of aryl methyl sites for hydroxylation is 1. The first kappa shape index (κ1) is 30.2. The lowest BCUT2D eigenvalue weighted by molar-refractivity contribution is -0.141. The molecular weight excluding hydrogens is 490 g/mol. The molecule has 0 aromatic heterocycles. The van der Waals surface area contributed by atoms with Crippen molar-refractivity contribution in [1.29, 1.82) is 0 Å². The lowest BCUT2D eigenvalue weighted by atomic mass is 10.1. The Morgan fingerprint density at radius 2 is 1.76 bits per heavy atom. The van der Waals surface area contributed by atoms with Gasteiger partial charge in [0, 0.05) is 32.1 Å². The van der Waals surface area contributed by atoms with Crippen LogP contribution < -0.4 is 14.4 Å². The van der Waals surface area contributed by atoms with Crippen molar-refractivity contribution in [3.8, 4) is 5.75 Å². The molecule has 0 heterocycles. The number of methoxy groups -OCH3 is 1. The Hall–Kier alpha value is -3.07. The van der Waals surface area contributed by atoms with E-state index in [0.29, 0.717) is 37.4 Å². The van der Waals surface area contributed by atoms with Gasteiger partial charge in [-0.1, -0.05) is 56.2 Å². The number of carbonyl (C=O) groups excluding carboxylic acids is 2. The fraction of sp³-hybridized carbons (Fsp3) is 0.500. The molecule has 0 aliphatic heterocycles. The molecule has 8 nitrogen and oxygen atoms in total. The van der Waals surface area contributed by atoms with Gasteiger partial charge in [0.2, 0.25) is 21.8 Å².